The predicted octanol–water partition coefficient (Wildman–Crippen LogP) is 2.88. The number of piperidine rings is 1. The van der Waals surface area contributed by atoms with Gasteiger partial charge in [-0.1, -0.05) is 11.6 Å². The molecule has 3 heterocycles. The number of nitrogens with zero attached hydrogens (tertiary/aromatic N) is 2. The molecule has 1 aromatic rings. The van der Waals surface area contributed by atoms with Crippen molar-refractivity contribution in [2.24, 2.45) is 5.41 Å². The van der Waals surface area contributed by atoms with Crippen molar-refractivity contribution in [2.45, 2.75) is 38.5 Å². The summed E-state index contributed by atoms with van der Waals surface area (Å²) in [5.74, 6) is -1.86. The molecule has 6 nitrogen and oxygen atoms in total. The third kappa shape index (κ3) is 5.48. The highest BCUT2D eigenvalue weighted by Crippen LogP contribution is 2.37. The Balaban J connectivity index is 1.42. The second-order valence-corrected chi connectivity index (χ2v) is 9.00. The van der Waals surface area contributed by atoms with Crippen LogP contribution in [-0.2, 0) is 9.59 Å². The van der Waals surface area contributed by atoms with E-state index in [-0.39, 0.29) is 41.8 Å². The minimum Gasteiger partial charge on any atom is -0.354 e. The molecule has 0 aromatic heterocycles. The monoisotopic (exact) mass is 464 g/mol. The Morgan fingerprint density at radius 1 is 1.16 bits per heavy atom. The topological polar surface area (TPSA) is 64.7 Å². The zero-order valence-corrected chi connectivity index (χ0v) is 18.0. The Kier molecular flexibility index (Phi) is 6.83. The first-order chi connectivity index (χ1) is 14.4. The summed E-state index contributed by atoms with van der Waals surface area (Å²) in [5.41, 5.74) is -2.15. The molecule has 1 aromatic carbocycles. The molecule has 2 unspecified atom stereocenters. The van der Waals surface area contributed by atoms with Crippen LogP contribution >= 0.6 is 11.6 Å². The van der Waals surface area contributed by atoms with E-state index >= 15 is 0 Å². The van der Waals surface area contributed by atoms with E-state index in [0.717, 1.165) is 26.3 Å². The standard InChI is InChI=1S/C20H25ClF4N4O2/c1-19(2,20(23,24)25)18(31)26-3-4-29-15-8-16(29)10-28(9-15)11-17(30)27-14-6-12(21)5-13(22)7-14/h5-7,15-16H,3-4,8-11H2,1-2H3,(H,26,31)(H,27,30). The van der Waals surface area contributed by atoms with Gasteiger partial charge in [0.1, 0.15) is 11.2 Å². The van der Waals surface area contributed by atoms with E-state index in [1.165, 1.54) is 12.1 Å². The third-order valence-corrected chi connectivity index (χ3v) is 6.08. The number of carbonyl (C=O) groups is 2. The van der Waals surface area contributed by atoms with E-state index < -0.39 is 23.3 Å². The van der Waals surface area contributed by atoms with Crippen molar-refractivity contribution in [1.82, 2.24) is 15.1 Å². The van der Waals surface area contributed by atoms with Crippen LogP contribution in [0.25, 0.3) is 0 Å². The molecule has 2 N–H and O–H groups in total. The van der Waals surface area contributed by atoms with Gasteiger partial charge >= 0.3 is 6.18 Å². The molecule has 11 heteroatoms. The van der Waals surface area contributed by atoms with Gasteiger partial charge in [-0.05, 0) is 38.5 Å². The maximum absolute atomic E-state index is 13.4. The molecule has 0 saturated carbocycles. The van der Waals surface area contributed by atoms with Crippen molar-refractivity contribution in [3.05, 3.63) is 29.0 Å². The zero-order valence-electron chi connectivity index (χ0n) is 17.2. The average molecular weight is 465 g/mol. The molecule has 4 rings (SSSR count). The van der Waals surface area contributed by atoms with Crippen molar-refractivity contribution in [1.29, 1.82) is 0 Å². The van der Waals surface area contributed by atoms with Gasteiger partial charge in [-0.15, -0.1) is 0 Å². The van der Waals surface area contributed by atoms with Gasteiger partial charge in [-0.25, -0.2) is 4.39 Å². The third-order valence-electron chi connectivity index (χ3n) is 5.87. The van der Waals surface area contributed by atoms with E-state index in [2.05, 4.69) is 15.5 Å². The van der Waals surface area contributed by atoms with Gasteiger partial charge in [0.25, 0.3) is 0 Å². The van der Waals surface area contributed by atoms with Crippen LogP contribution in [0.4, 0.5) is 23.2 Å². The molecule has 3 aliphatic heterocycles. The lowest BCUT2D eigenvalue weighted by atomic mass is 9.87. The number of halogens is 5. The summed E-state index contributed by atoms with van der Waals surface area (Å²) >= 11 is 5.79. The predicted molar refractivity (Wildman–Crippen MR) is 108 cm³/mol. The molecule has 3 fully saturated rings. The van der Waals surface area contributed by atoms with Gasteiger partial charge in [-0.2, -0.15) is 13.2 Å². The van der Waals surface area contributed by atoms with Gasteiger partial charge < -0.3 is 10.6 Å². The van der Waals surface area contributed by atoms with Crippen molar-refractivity contribution in [3.63, 3.8) is 0 Å². The van der Waals surface area contributed by atoms with Gasteiger partial charge in [0.05, 0.1) is 6.54 Å². The number of amides is 2. The number of fused-ring (bicyclic) bond motifs is 2. The SMILES string of the molecule is CC(C)(C(=O)NCCN1C2CC1CN(CC(=O)Nc1cc(F)cc(Cl)c1)C2)C(F)(F)F. The van der Waals surface area contributed by atoms with E-state index in [0.29, 0.717) is 19.6 Å². The van der Waals surface area contributed by atoms with Crippen LogP contribution < -0.4 is 10.6 Å². The number of piperazine rings is 1. The number of hydrogen-bond donors (Lipinski definition) is 2. The Morgan fingerprint density at radius 3 is 2.39 bits per heavy atom. The zero-order chi connectivity index (χ0) is 23.0. The van der Waals surface area contributed by atoms with Crippen molar-refractivity contribution in [2.75, 3.05) is 38.0 Å². The highest BCUT2D eigenvalue weighted by Gasteiger charge is 2.53. The fraction of sp³-hybridized carbons (Fsp3) is 0.600. The quantitative estimate of drug-likeness (QED) is 0.609. The second kappa shape index (κ2) is 8.91. The summed E-state index contributed by atoms with van der Waals surface area (Å²) < 4.78 is 52.2. The number of nitrogens with one attached hydrogen (secondary N) is 2. The fourth-order valence-corrected chi connectivity index (χ4v) is 4.17. The highest BCUT2D eigenvalue weighted by atomic mass is 35.5. The Hall–Kier alpha value is -1.91. The number of rotatable bonds is 7. The molecule has 0 radical (unpaired) electrons. The highest BCUT2D eigenvalue weighted by molar-refractivity contribution is 6.30. The van der Waals surface area contributed by atoms with Gasteiger partial charge in [0, 0.05) is 49.0 Å². The number of benzene rings is 1. The first kappa shape index (κ1) is 23.7. The Morgan fingerprint density at radius 2 is 1.81 bits per heavy atom. The summed E-state index contributed by atoms with van der Waals surface area (Å²) in [5, 5.41) is 5.20. The lowest BCUT2D eigenvalue weighted by molar-refractivity contribution is -0.211. The molecule has 2 atom stereocenters. The molecule has 2 amide bonds. The molecular formula is C20H25ClF4N4O2. The smallest absolute Gasteiger partial charge is 0.354 e. The van der Waals surface area contributed by atoms with Gasteiger partial charge in [0.15, 0.2) is 0 Å². The summed E-state index contributed by atoms with van der Waals surface area (Å²) in [6.07, 6.45) is -3.66. The summed E-state index contributed by atoms with van der Waals surface area (Å²) in [7, 11) is 0. The minimum atomic E-state index is -4.61. The van der Waals surface area contributed by atoms with Crippen LogP contribution in [0.3, 0.4) is 0 Å². The summed E-state index contributed by atoms with van der Waals surface area (Å²) in [4.78, 5) is 28.3. The first-order valence-electron chi connectivity index (χ1n) is 9.96. The van der Waals surface area contributed by atoms with E-state index in [1.807, 2.05) is 4.90 Å². The van der Waals surface area contributed by atoms with Crippen molar-refractivity contribution in [3.8, 4) is 0 Å². The second-order valence-electron chi connectivity index (χ2n) is 8.56. The van der Waals surface area contributed by atoms with Gasteiger partial charge in [0.2, 0.25) is 11.8 Å². The van der Waals surface area contributed by atoms with Crippen LogP contribution in [0.1, 0.15) is 20.3 Å². The fourth-order valence-electron chi connectivity index (χ4n) is 3.95. The molecule has 0 spiro atoms. The van der Waals surface area contributed by atoms with Gasteiger partial charge in [-0.3, -0.25) is 19.4 Å². The molecular weight excluding hydrogens is 440 g/mol. The Bertz CT molecular complexity index is 817. The Labute approximate surface area is 182 Å². The van der Waals surface area contributed by atoms with E-state index in [1.54, 1.807) is 0 Å². The number of alkyl halides is 3. The van der Waals surface area contributed by atoms with Crippen LogP contribution in [-0.4, -0.2) is 72.6 Å². The van der Waals surface area contributed by atoms with Crippen LogP contribution in [0.15, 0.2) is 18.2 Å². The summed E-state index contributed by atoms with van der Waals surface area (Å²) in [6, 6.07) is 4.17. The largest absolute Gasteiger partial charge is 0.402 e. The lowest BCUT2D eigenvalue weighted by Crippen LogP contribution is -2.69. The number of hydrogen-bond acceptors (Lipinski definition) is 4. The minimum absolute atomic E-state index is 0.131. The number of anilines is 1. The molecule has 3 saturated heterocycles. The van der Waals surface area contributed by atoms with Crippen molar-refractivity contribution >= 4 is 29.1 Å². The molecule has 2 bridgehead atoms. The lowest BCUT2D eigenvalue weighted by Gasteiger charge is -2.56. The summed E-state index contributed by atoms with van der Waals surface area (Å²) in [6.45, 7) is 3.73. The van der Waals surface area contributed by atoms with Crippen LogP contribution in [0, 0.1) is 11.2 Å². The van der Waals surface area contributed by atoms with Crippen LogP contribution in [0.2, 0.25) is 5.02 Å². The maximum Gasteiger partial charge on any atom is 0.402 e. The van der Waals surface area contributed by atoms with Crippen LogP contribution in [0.5, 0.6) is 0 Å². The molecule has 3 aliphatic rings. The number of carbonyl (C=O) groups excluding carboxylic acids is 2. The van der Waals surface area contributed by atoms with E-state index in [9.17, 15) is 27.2 Å². The molecule has 172 valence electrons. The normalized spacial score (nSPS) is 22.0. The van der Waals surface area contributed by atoms with Crippen molar-refractivity contribution < 1.29 is 27.2 Å². The molecule has 0 aliphatic carbocycles. The average Bonchev–Trinajstić information content (AvgIpc) is 2.62. The molecule has 31 heavy (non-hydrogen) atoms. The van der Waals surface area contributed by atoms with E-state index in [4.69, 9.17) is 11.6 Å². The maximum atomic E-state index is 13.4. The first-order valence-corrected chi connectivity index (χ1v) is 10.3.